The molecule has 2 aliphatic rings. The van der Waals surface area contributed by atoms with Crippen LogP contribution in [-0.4, -0.2) is 24.4 Å². The molecule has 1 saturated carbocycles. The van der Waals surface area contributed by atoms with Crippen LogP contribution in [0, 0.1) is 11.8 Å². The standard InChI is InChI=1S/C9H13N3O3/c1-9(2)14-4-7(15-9)5-3-6(5)8(13)11-12-10/h5-7H,3-4H2,1-2H3/t5-,6+,7-/m1/s1. The molecule has 3 atom stereocenters. The zero-order valence-corrected chi connectivity index (χ0v) is 8.71. The van der Waals surface area contributed by atoms with E-state index in [0.717, 1.165) is 6.42 Å². The second-order valence-corrected chi connectivity index (χ2v) is 4.40. The summed E-state index contributed by atoms with van der Waals surface area (Å²) < 4.78 is 11.0. The summed E-state index contributed by atoms with van der Waals surface area (Å²) in [6, 6.07) is 0. The third-order valence-corrected chi connectivity index (χ3v) is 2.81. The molecule has 15 heavy (non-hydrogen) atoms. The summed E-state index contributed by atoms with van der Waals surface area (Å²) in [5, 5.41) is 3.09. The first-order valence-corrected chi connectivity index (χ1v) is 4.94. The van der Waals surface area contributed by atoms with Crippen molar-refractivity contribution in [1.29, 1.82) is 0 Å². The van der Waals surface area contributed by atoms with Crippen LogP contribution in [0.1, 0.15) is 20.3 Å². The van der Waals surface area contributed by atoms with Crippen LogP contribution in [0.2, 0.25) is 0 Å². The third-order valence-electron chi connectivity index (χ3n) is 2.81. The predicted molar refractivity (Wildman–Crippen MR) is 50.7 cm³/mol. The smallest absolute Gasteiger partial charge is 0.222 e. The topological polar surface area (TPSA) is 84.3 Å². The van der Waals surface area contributed by atoms with Crippen molar-refractivity contribution in [3.8, 4) is 0 Å². The van der Waals surface area contributed by atoms with Crippen molar-refractivity contribution >= 4 is 5.91 Å². The largest absolute Gasteiger partial charge is 0.348 e. The van der Waals surface area contributed by atoms with Crippen LogP contribution in [0.25, 0.3) is 10.4 Å². The molecule has 1 amide bonds. The summed E-state index contributed by atoms with van der Waals surface area (Å²) in [5.74, 6) is -0.941. The molecule has 0 aromatic carbocycles. The maximum absolute atomic E-state index is 11.2. The number of carbonyl (C=O) groups excluding carboxylic acids is 1. The molecule has 6 heteroatoms. The van der Waals surface area contributed by atoms with Crippen LogP contribution in [0.5, 0.6) is 0 Å². The first-order valence-electron chi connectivity index (χ1n) is 4.94. The SMILES string of the molecule is CC1(C)OC[C@H]([C@@H]2C[C@@H]2C(=O)N=[N+]=[N-])O1. The van der Waals surface area contributed by atoms with Crippen LogP contribution in [0.4, 0.5) is 0 Å². The van der Waals surface area contributed by atoms with E-state index >= 15 is 0 Å². The summed E-state index contributed by atoms with van der Waals surface area (Å²) in [6.45, 7) is 4.21. The maximum atomic E-state index is 11.2. The summed E-state index contributed by atoms with van der Waals surface area (Å²) in [4.78, 5) is 13.7. The minimum atomic E-state index is -0.556. The van der Waals surface area contributed by atoms with Gasteiger partial charge in [0.2, 0.25) is 5.91 Å². The van der Waals surface area contributed by atoms with E-state index in [1.807, 2.05) is 13.8 Å². The van der Waals surface area contributed by atoms with Crippen molar-refractivity contribution in [2.24, 2.45) is 17.0 Å². The van der Waals surface area contributed by atoms with E-state index in [1.165, 1.54) is 0 Å². The minimum Gasteiger partial charge on any atom is -0.348 e. The first kappa shape index (κ1) is 10.4. The van der Waals surface area contributed by atoms with Crippen molar-refractivity contribution in [1.82, 2.24) is 0 Å². The highest BCUT2D eigenvalue weighted by Crippen LogP contribution is 2.46. The van der Waals surface area contributed by atoms with Gasteiger partial charge in [-0.05, 0) is 36.8 Å². The van der Waals surface area contributed by atoms with E-state index in [-0.39, 0.29) is 23.8 Å². The van der Waals surface area contributed by atoms with E-state index in [9.17, 15) is 4.79 Å². The van der Waals surface area contributed by atoms with Gasteiger partial charge < -0.3 is 9.47 Å². The second kappa shape index (κ2) is 3.48. The second-order valence-electron chi connectivity index (χ2n) is 4.40. The van der Waals surface area contributed by atoms with E-state index < -0.39 is 5.79 Å². The molecule has 0 spiro atoms. The molecular formula is C9H13N3O3. The highest BCUT2D eigenvalue weighted by atomic mass is 16.7. The van der Waals surface area contributed by atoms with Crippen molar-refractivity contribution in [3.05, 3.63) is 10.4 Å². The molecule has 1 aliphatic heterocycles. The summed E-state index contributed by atoms with van der Waals surface area (Å²) in [6.07, 6.45) is 0.699. The lowest BCUT2D eigenvalue weighted by Gasteiger charge is -2.16. The Morgan fingerprint density at radius 2 is 2.33 bits per heavy atom. The van der Waals surface area contributed by atoms with E-state index in [2.05, 4.69) is 10.0 Å². The molecule has 82 valence electrons. The summed E-state index contributed by atoms with van der Waals surface area (Å²) >= 11 is 0. The van der Waals surface area contributed by atoms with Gasteiger partial charge in [0.05, 0.1) is 12.7 Å². The molecule has 0 radical (unpaired) electrons. The number of hydrogen-bond acceptors (Lipinski definition) is 3. The summed E-state index contributed by atoms with van der Waals surface area (Å²) in [7, 11) is 0. The predicted octanol–water partition coefficient (Wildman–Crippen LogP) is 1.61. The van der Waals surface area contributed by atoms with Crippen LogP contribution in [0.3, 0.4) is 0 Å². The Labute approximate surface area is 87.2 Å². The minimum absolute atomic E-state index is 0.0390. The van der Waals surface area contributed by atoms with E-state index in [4.69, 9.17) is 15.0 Å². The number of rotatable bonds is 2. The lowest BCUT2D eigenvalue weighted by molar-refractivity contribution is -0.141. The molecule has 0 aromatic rings. The molecular weight excluding hydrogens is 198 g/mol. The molecule has 6 nitrogen and oxygen atoms in total. The van der Waals surface area contributed by atoms with Crippen LogP contribution >= 0.6 is 0 Å². The van der Waals surface area contributed by atoms with Gasteiger partial charge in [-0.15, -0.1) is 0 Å². The number of hydrogen-bond donors (Lipinski definition) is 0. The van der Waals surface area contributed by atoms with Gasteiger partial charge in [-0.3, -0.25) is 4.79 Å². The summed E-state index contributed by atoms with van der Waals surface area (Å²) in [5.41, 5.74) is 8.13. The van der Waals surface area contributed by atoms with Crippen molar-refractivity contribution in [3.63, 3.8) is 0 Å². The third kappa shape index (κ3) is 2.12. The van der Waals surface area contributed by atoms with Gasteiger partial charge >= 0.3 is 0 Å². The number of nitrogens with zero attached hydrogens (tertiary/aromatic N) is 3. The van der Waals surface area contributed by atoms with Crippen molar-refractivity contribution in [2.75, 3.05) is 6.61 Å². The van der Waals surface area contributed by atoms with Crippen LogP contribution in [-0.2, 0) is 14.3 Å². The first-order chi connectivity index (χ1) is 7.03. The number of azide groups is 1. The lowest BCUT2D eigenvalue weighted by Crippen LogP contribution is -2.23. The zero-order chi connectivity index (χ0) is 11.1. The Hall–Kier alpha value is -1.10. The molecule has 1 aliphatic carbocycles. The van der Waals surface area contributed by atoms with E-state index in [0.29, 0.717) is 6.61 Å². The lowest BCUT2D eigenvalue weighted by atomic mass is 10.2. The molecule has 0 unspecified atom stereocenters. The molecule has 1 saturated heterocycles. The molecule has 0 aromatic heterocycles. The molecule has 1 heterocycles. The number of carbonyl (C=O) groups is 1. The number of ether oxygens (including phenoxy) is 2. The highest BCUT2D eigenvalue weighted by molar-refractivity contribution is 5.82. The van der Waals surface area contributed by atoms with E-state index in [1.54, 1.807) is 0 Å². The van der Waals surface area contributed by atoms with Crippen molar-refractivity contribution in [2.45, 2.75) is 32.2 Å². The van der Waals surface area contributed by atoms with Crippen LogP contribution < -0.4 is 0 Å². The Bertz CT molecular complexity index is 335. The maximum Gasteiger partial charge on any atom is 0.222 e. The highest BCUT2D eigenvalue weighted by Gasteiger charge is 2.51. The fraction of sp³-hybridized carbons (Fsp3) is 0.889. The average Bonchev–Trinajstić information content (AvgIpc) is 2.86. The molecule has 0 N–H and O–H groups in total. The van der Waals surface area contributed by atoms with Gasteiger partial charge in [0.1, 0.15) is 0 Å². The average molecular weight is 211 g/mol. The Morgan fingerprint density at radius 1 is 1.60 bits per heavy atom. The zero-order valence-electron chi connectivity index (χ0n) is 8.71. The van der Waals surface area contributed by atoms with Gasteiger partial charge in [-0.25, -0.2) is 0 Å². The fourth-order valence-corrected chi connectivity index (χ4v) is 1.95. The van der Waals surface area contributed by atoms with Crippen LogP contribution in [0.15, 0.2) is 5.11 Å². The van der Waals surface area contributed by atoms with Gasteiger partial charge in [-0.1, -0.05) is 0 Å². The normalized spacial score (nSPS) is 37.1. The molecule has 2 rings (SSSR count). The number of amides is 1. The van der Waals surface area contributed by atoms with Gasteiger partial charge in [0, 0.05) is 10.8 Å². The molecule has 2 fully saturated rings. The quantitative estimate of drug-likeness (QED) is 0.395. The Morgan fingerprint density at radius 3 is 2.87 bits per heavy atom. The fourth-order valence-electron chi connectivity index (χ4n) is 1.95. The Balaban J connectivity index is 1.90. The van der Waals surface area contributed by atoms with Gasteiger partial charge in [0.25, 0.3) is 0 Å². The molecule has 0 bridgehead atoms. The van der Waals surface area contributed by atoms with Gasteiger partial charge in [0.15, 0.2) is 5.79 Å². The monoisotopic (exact) mass is 211 g/mol. The van der Waals surface area contributed by atoms with Gasteiger partial charge in [-0.2, -0.15) is 0 Å². The van der Waals surface area contributed by atoms with Crippen molar-refractivity contribution < 1.29 is 14.3 Å². The Kier molecular flexibility index (Phi) is 2.42.